The normalized spacial score (nSPS) is 19.6. The van der Waals surface area contributed by atoms with E-state index in [4.69, 9.17) is 0 Å². The first kappa shape index (κ1) is 11.5. The molecule has 2 nitrogen and oxygen atoms in total. The molecule has 1 heterocycles. The molecule has 2 N–H and O–H groups in total. The summed E-state index contributed by atoms with van der Waals surface area (Å²) in [6.45, 7) is 4.63. The van der Waals surface area contributed by atoms with E-state index in [0.717, 1.165) is 5.92 Å². The van der Waals surface area contributed by atoms with Gasteiger partial charge in [0.05, 0.1) is 0 Å². The van der Waals surface area contributed by atoms with Crippen molar-refractivity contribution in [2.24, 2.45) is 5.92 Å². The number of phenols is 1. The van der Waals surface area contributed by atoms with Crippen LogP contribution in [0.25, 0.3) is 0 Å². The third-order valence-electron chi connectivity index (χ3n) is 3.61. The lowest BCUT2D eigenvalue weighted by Gasteiger charge is -2.25. The van der Waals surface area contributed by atoms with Crippen molar-refractivity contribution in [2.45, 2.75) is 32.1 Å². The fourth-order valence-corrected chi connectivity index (χ4v) is 2.56. The Morgan fingerprint density at radius 3 is 2.50 bits per heavy atom. The first-order chi connectivity index (χ1) is 7.75. The second kappa shape index (κ2) is 5.35. The lowest BCUT2D eigenvalue weighted by Crippen LogP contribution is -2.28. The summed E-state index contributed by atoms with van der Waals surface area (Å²) in [5.41, 5.74) is 1.34. The van der Waals surface area contributed by atoms with E-state index in [2.05, 4.69) is 12.2 Å². The molecule has 0 amide bonds. The molecule has 16 heavy (non-hydrogen) atoms. The van der Waals surface area contributed by atoms with E-state index in [-0.39, 0.29) is 0 Å². The van der Waals surface area contributed by atoms with Gasteiger partial charge in [0.25, 0.3) is 0 Å². The number of benzene rings is 1. The average Bonchev–Trinajstić information content (AvgIpc) is 2.31. The van der Waals surface area contributed by atoms with E-state index in [0.29, 0.717) is 11.7 Å². The number of hydrogen-bond donors (Lipinski definition) is 2. The highest BCUT2D eigenvalue weighted by Crippen LogP contribution is 2.28. The zero-order valence-corrected chi connectivity index (χ0v) is 9.95. The molecule has 0 radical (unpaired) electrons. The molecule has 0 spiro atoms. The van der Waals surface area contributed by atoms with E-state index in [9.17, 15) is 5.11 Å². The predicted molar refractivity (Wildman–Crippen MR) is 66.7 cm³/mol. The lowest BCUT2D eigenvalue weighted by atomic mass is 9.85. The number of hydrogen-bond acceptors (Lipinski definition) is 2. The quantitative estimate of drug-likeness (QED) is 0.819. The second-order valence-corrected chi connectivity index (χ2v) is 4.92. The van der Waals surface area contributed by atoms with Crippen LogP contribution in [-0.4, -0.2) is 18.2 Å². The Kier molecular flexibility index (Phi) is 3.83. The summed E-state index contributed by atoms with van der Waals surface area (Å²) in [6, 6.07) is 7.66. The van der Waals surface area contributed by atoms with Gasteiger partial charge in [0.15, 0.2) is 0 Å². The molecule has 1 fully saturated rings. The van der Waals surface area contributed by atoms with Crippen LogP contribution >= 0.6 is 0 Å². The Morgan fingerprint density at radius 1 is 1.25 bits per heavy atom. The molecular formula is C14H21NO. The van der Waals surface area contributed by atoms with Gasteiger partial charge in [-0.05, 0) is 61.9 Å². The van der Waals surface area contributed by atoms with Crippen molar-refractivity contribution in [1.82, 2.24) is 5.32 Å². The van der Waals surface area contributed by atoms with Crippen molar-refractivity contribution < 1.29 is 5.11 Å². The fourth-order valence-electron chi connectivity index (χ4n) is 2.56. The first-order valence-electron chi connectivity index (χ1n) is 6.25. The van der Waals surface area contributed by atoms with Crippen LogP contribution in [0, 0.1) is 5.92 Å². The van der Waals surface area contributed by atoms with Crippen molar-refractivity contribution in [3.63, 3.8) is 0 Å². The van der Waals surface area contributed by atoms with Crippen LogP contribution in [0.1, 0.15) is 37.7 Å². The van der Waals surface area contributed by atoms with Crippen molar-refractivity contribution in [1.29, 1.82) is 0 Å². The standard InChI is InChI=1S/C14H21NO/c1-11(10-12-6-8-15-9-7-12)13-2-4-14(16)5-3-13/h2-5,11-12,15-16H,6-10H2,1H3. The van der Waals surface area contributed by atoms with Crippen molar-refractivity contribution in [3.05, 3.63) is 29.8 Å². The van der Waals surface area contributed by atoms with Crippen LogP contribution in [0.15, 0.2) is 24.3 Å². The smallest absolute Gasteiger partial charge is 0.115 e. The molecule has 1 aliphatic heterocycles. The third-order valence-corrected chi connectivity index (χ3v) is 3.61. The summed E-state index contributed by atoms with van der Waals surface area (Å²) in [6.07, 6.45) is 3.89. The Bertz CT molecular complexity index is 314. The molecule has 88 valence electrons. The largest absolute Gasteiger partial charge is 0.508 e. The molecule has 0 saturated carbocycles. The van der Waals surface area contributed by atoms with E-state index >= 15 is 0 Å². The van der Waals surface area contributed by atoms with Crippen molar-refractivity contribution in [2.75, 3.05) is 13.1 Å². The average molecular weight is 219 g/mol. The Balaban J connectivity index is 1.91. The molecule has 1 saturated heterocycles. The van der Waals surface area contributed by atoms with E-state index in [1.54, 1.807) is 12.1 Å². The minimum atomic E-state index is 0.359. The maximum atomic E-state index is 9.25. The number of piperidine rings is 1. The Hall–Kier alpha value is -1.02. The predicted octanol–water partition coefficient (Wildman–Crippen LogP) is 2.89. The third kappa shape index (κ3) is 2.99. The molecule has 1 aromatic carbocycles. The number of nitrogens with one attached hydrogen (secondary N) is 1. The maximum absolute atomic E-state index is 9.25. The van der Waals surface area contributed by atoms with Crippen molar-refractivity contribution >= 4 is 0 Å². The molecule has 1 aliphatic rings. The van der Waals surface area contributed by atoms with Crippen LogP contribution in [-0.2, 0) is 0 Å². The fraction of sp³-hybridized carbons (Fsp3) is 0.571. The summed E-state index contributed by atoms with van der Waals surface area (Å²) in [5, 5.41) is 12.7. The molecule has 0 bridgehead atoms. The highest BCUT2D eigenvalue weighted by molar-refractivity contribution is 5.27. The van der Waals surface area contributed by atoms with Gasteiger partial charge in [-0.2, -0.15) is 0 Å². The zero-order valence-electron chi connectivity index (χ0n) is 9.95. The van der Waals surface area contributed by atoms with Gasteiger partial charge in [-0.15, -0.1) is 0 Å². The minimum absolute atomic E-state index is 0.359. The molecule has 2 heteroatoms. The molecule has 1 aromatic rings. The molecule has 1 unspecified atom stereocenters. The molecule has 1 atom stereocenters. The van der Waals surface area contributed by atoms with Crippen LogP contribution < -0.4 is 5.32 Å². The SMILES string of the molecule is CC(CC1CCNCC1)c1ccc(O)cc1. The van der Waals surface area contributed by atoms with Gasteiger partial charge in [0.1, 0.15) is 5.75 Å². The van der Waals surface area contributed by atoms with E-state index < -0.39 is 0 Å². The topological polar surface area (TPSA) is 32.3 Å². The summed E-state index contributed by atoms with van der Waals surface area (Å²) in [7, 11) is 0. The molecule has 2 rings (SSSR count). The number of aromatic hydroxyl groups is 1. The lowest BCUT2D eigenvalue weighted by molar-refractivity contribution is 0.336. The van der Waals surface area contributed by atoms with E-state index in [1.807, 2.05) is 12.1 Å². The Labute approximate surface area is 97.7 Å². The monoisotopic (exact) mass is 219 g/mol. The van der Waals surface area contributed by atoms with Gasteiger partial charge in [0.2, 0.25) is 0 Å². The van der Waals surface area contributed by atoms with E-state index in [1.165, 1.54) is 37.9 Å². The summed E-state index contributed by atoms with van der Waals surface area (Å²) < 4.78 is 0. The Morgan fingerprint density at radius 2 is 1.88 bits per heavy atom. The first-order valence-corrected chi connectivity index (χ1v) is 6.25. The van der Waals surface area contributed by atoms with Crippen molar-refractivity contribution in [3.8, 4) is 5.75 Å². The number of phenolic OH excluding ortho intramolecular Hbond substituents is 1. The summed E-state index contributed by atoms with van der Waals surface area (Å²) in [4.78, 5) is 0. The van der Waals surface area contributed by atoms with Gasteiger partial charge in [-0.25, -0.2) is 0 Å². The molecule has 0 aliphatic carbocycles. The van der Waals surface area contributed by atoms with Gasteiger partial charge in [0, 0.05) is 0 Å². The zero-order chi connectivity index (χ0) is 11.4. The maximum Gasteiger partial charge on any atom is 0.115 e. The van der Waals surface area contributed by atoms with Crippen LogP contribution in [0.5, 0.6) is 5.75 Å². The van der Waals surface area contributed by atoms with Crippen LogP contribution in [0.3, 0.4) is 0 Å². The summed E-state index contributed by atoms with van der Waals surface area (Å²) >= 11 is 0. The molecule has 0 aromatic heterocycles. The van der Waals surface area contributed by atoms with Gasteiger partial charge < -0.3 is 10.4 Å². The summed E-state index contributed by atoms with van der Waals surface area (Å²) in [5.74, 6) is 1.83. The highest BCUT2D eigenvalue weighted by Gasteiger charge is 2.16. The van der Waals surface area contributed by atoms with Gasteiger partial charge in [-0.3, -0.25) is 0 Å². The number of rotatable bonds is 3. The highest BCUT2D eigenvalue weighted by atomic mass is 16.3. The second-order valence-electron chi connectivity index (χ2n) is 4.92. The van der Waals surface area contributed by atoms with Gasteiger partial charge in [-0.1, -0.05) is 19.1 Å². The van der Waals surface area contributed by atoms with Crippen LogP contribution in [0.4, 0.5) is 0 Å². The van der Waals surface area contributed by atoms with Crippen LogP contribution in [0.2, 0.25) is 0 Å². The van der Waals surface area contributed by atoms with Gasteiger partial charge >= 0.3 is 0 Å². The minimum Gasteiger partial charge on any atom is -0.508 e. The molecular weight excluding hydrogens is 198 g/mol.